The number of ether oxygens (including phenoxy) is 1. The van der Waals surface area contributed by atoms with E-state index in [9.17, 15) is 0 Å². The molecule has 0 saturated heterocycles. The molecule has 2 rings (SSSR count). The van der Waals surface area contributed by atoms with E-state index in [4.69, 9.17) is 16.3 Å². The van der Waals surface area contributed by atoms with Gasteiger partial charge in [0.1, 0.15) is 0 Å². The summed E-state index contributed by atoms with van der Waals surface area (Å²) in [5.41, 5.74) is 0.903. The molecule has 0 aliphatic heterocycles. The SMILES string of the molecule is COc1cc(C)nc(NC2CCCC2CCl)n1. The molecular formula is C12H18ClN3O. The molecule has 94 valence electrons. The molecule has 0 bridgehead atoms. The zero-order valence-corrected chi connectivity index (χ0v) is 11.0. The van der Waals surface area contributed by atoms with E-state index < -0.39 is 0 Å². The van der Waals surface area contributed by atoms with Gasteiger partial charge in [-0.1, -0.05) is 6.42 Å². The summed E-state index contributed by atoms with van der Waals surface area (Å²) in [6, 6.07) is 2.21. The lowest BCUT2D eigenvalue weighted by Crippen LogP contribution is -2.26. The molecule has 2 unspecified atom stereocenters. The van der Waals surface area contributed by atoms with Crippen LogP contribution in [0.5, 0.6) is 5.88 Å². The Kier molecular flexibility index (Phi) is 4.05. The molecule has 1 heterocycles. The second-order valence-electron chi connectivity index (χ2n) is 4.47. The second kappa shape index (κ2) is 5.54. The average molecular weight is 256 g/mol. The second-order valence-corrected chi connectivity index (χ2v) is 4.78. The Hall–Kier alpha value is -1.03. The van der Waals surface area contributed by atoms with Gasteiger partial charge in [0.15, 0.2) is 0 Å². The highest BCUT2D eigenvalue weighted by Crippen LogP contribution is 2.29. The first-order chi connectivity index (χ1) is 8.22. The van der Waals surface area contributed by atoms with Crippen molar-refractivity contribution in [2.75, 3.05) is 18.3 Å². The molecule has 1 aromatic heterocycles. The van der Waals surface area contributed by atoms with Crippen LogP contribution in [0.2, 0.25) is 0 Å². The fourth-order valence-electron chi connectivity index (χ4n) is 2.29. The maximum Gasteiger partial charge on any atom is 0.226 e. The number of aromatic nitrogens is 2. The van der Waals surface area contributed by atoms with Gasteiger partial charge in [-0.15, -0.1) is 11.6 Å². The molecule has 5 heteroatoms. The van der Waals surface area contributed by atoms with Gasteiger partial charge in [0.25, 0.3) is 0 Å². The van der Waals surface area contributed by atoms with Crippen LogP contribution in [0.4, 0.5) is 5.95 Å². The van der Waals surface area contributed by atoms with Gasteiger partial charge in [0.2, 0.25) is 11.8 Å². The number of alkyl halides is 1. The van der Waals surface area contributed by atoms with Crippen LogP contribution in [0.3, 0.4) is 0 Å². The van der Waals surface area contributed by atoms with Gasteiger partial charge in [-0.3, -0.25) is 0 Å². The average Bonchev–Trinajstić information content (AvgIpc) is 2.75. The summed E-state index contributed by atoms with van der Waals surface area (Å²) in [4.78, 5) is 8.67. The predicted molar refractivity (Wildman–Crippen MR) is 68.8 cm³/mol. The van der Waals surface area contributed by atoms with Crippen molar-refractivity contribution < 1.29 is 4.74 Å². The summed E-state index contributed by atoms with van der Waals surface area (Å²) < 4.78 is 5.14. The maximum absolute atomic E-state index is 5.95. The van der Waals surface area contributed by atoms with Crippen LogP contribution in [0.1, 0.15) is 25.0 Å². The van der Waals surface area contributed by atoms with E-state index in [0.29, 0.717) is 29.7 Å². The van der Waals surface area contributed by atoms with Crippen molar-refractivity contribution in [3.8, 4) is 5.88 Å². The fourth-order valence-corrected chi connectivity index (χ4v) is 2.66. The van der Waals surface area contributed by atoms with Crippen molar-refractivity contribution in [2.45, 2.75) is 32.2 Å². The molecule has 1 N–H and O–H groups in total. The Morgan fingerprint density at radius 3 is 3.00 bits per heavy atom. The summed E-state index contributed by atoms with van der Waals surface area (Å²) in [6.07, 6.45) is 3.54. The predicted octanol–water partition coefficient (Wildman–Crippen LogP) is 2.61. The molecule has 1 fully saturated rings. The Morgan fingerprint density at radius 1 is 1.47 bits per heavy atom. The first-order valence-electron chi connectivity index (χ1n) is 5.95. The van der Waals surface area contributed by atoms with Crippen molar-refractivity contribution >= 4 is 17.5 Å². The molecule has 1 aromatic rings. The van der Waals surface area contributed by atoms with Gasteiger partial charge in [0.05, 0.1) is 7.11 Å². The lowest BCUT2D eigenvalue weighted by Gasteiger charge is -2.19. The molecule has 1 aliphatic carbocycles. The Labute approximate surface area is 107 Å². The molecule has 0 radical (unpaired) electrons. The standard InChI is InChI=1S/C12H18ClN3O/c1-8-6-11(17-2)16-12(14-8)15-10-5-3-4-9(10)7-13/h6,9-10H,3-5,7H2,1-2H3,(H,14,15,16). The quantitative estimate of drug-likeness (QED) is 0.841. The first kappa shape index (κ1) is 12.4. The summed E-state index contributed by atoms with van der Waals surface area (Å²) >= 11 is 5.95. The number of halogens is 1. The van der Waals surface area contributed by atoms with Crippen LogP contribution >= 0.6 is 11.6 Å². The van der Waals surface area contributed by atoms with Crippen LogP contribution in [0, 0.1) is 12.8 Å². The number of hydrogen-bond donors (Lipinski definition) is 1. The number of nitrogens with zero attached hydrogens (tertiary/aromatic N) is 2. The van der Waals surface area contributed by atoms with E-state index in [-0.39, 0.29) is 0 Å². The van der Waals surface area contributed by atoms with E-state index in [2.05, 4.69) is 15.3 Å². The number of hydrogen-bond acceptors (Lipinski definition) is 4. The monoisotopic (exact) mass is 255 g/mol. The van der Waals surface area contributed by atoms with Crippen LogP contribution in [0.25, 0.3) is 0 Å². The lowest BCUT2D eigenvalue weighted by atomic mass is 10.1. The van der Waals surface area contributed by atoms with E-state index in [0.717, 1.165) is 12.1 Å². The van der Waals surface area contributed by atoms with Crippen molar-refractivity contribution in [1.29, 1.82) is 0 Å². The molecule has 2 atom stereocenters. The van der Waals surface area contributed by atoms with Gasteiger partial charge in [0, 0.05) is 23.7 Å². The van der Waals surface area contributed by atoms with E-state index in [1.165, 1.54) is 12.8 Å². The fraction of sp³-hybridized carbons (Fsp3) is 0.667. The minimum atomic E-state index is 0.388. The zero-order valence-electron chi connectivity index (χ0n) is 10.2. The first-order valence-corrected chi connectivity index (χ1v) is 6.48. The zero-order chi connectivity index (χ0) is 12.3. The molecule has 0 spiro atoms. The van der Waals surface area contributed by atoms with Crippen molar-refractivity contribution in [2.24, 2.45) is 5.92 Å². The third kappa shape index (κ3) is 3.00. The summed E-state index contributed by atoms with van der Waals surface area (Å²) in [7, 11) is 1.61. The smallest absolute Gasteiger partial charge is 0.226 e. The Bertz CT molecular complexity index is 386. The highest BCUT2D eigenvalue weighted by Gasteiger charge is 2.27. The van der Waals surface area contributed by atoms with E-state index in [1.807, 2.05) is 13.0 Å². The van der Waals surface area contributed by atoms with Gasteiger partial charge in [-0.25, -0.2) is 4.98 Å². The molecular weight excluding hydrogens is 238 g/mol. The molecule has 1 saturated carbocycles. The number of anilines is 1. The number of methoxy groups -OCH3 is 1. The summed E-state index contributed by atoms with van der Waals surface area (Å²) in [5, 5.41) is 3.37. The van der Waals surface area contributed by atoms with Gasteiger partial charge in [-0.05, 0) is 25.7 Å². The van der Waals surface area contributed by atoms with Gasteiger partial charge >= 0.3 is 0 Å². The van der Waals surface area contributed by atoms with E-state index in [1.54, 1.807) is 7.11 Å². The largest absolute Gasteiger partial charge is 0.481 e. The maximum atomic E-state index is 5.95. The van der Waals surface area contributed by atoms with E-state index >= 15 is 0 Å². The van der Waals surface area contributed by atoms with Crippen LogP contribution < -0.4 is 10.1 Å². The third-order valence-corrected chi connectivity index (χ3v) is 3.61. The third-order valence-electron chi connectivity index (χ3n) is 3.21. The lowest BCUT2D eigenvalue weighted by molar-refractivity contribution is 0.396. The highest BCUT2D eigenvalue weighted by molar-refractivity contribution is 6.18. The van der Waals surface area contributed by atoms with Crippen molar-refractivity contribution in [3.05, 3.63) is 11.8 Å². The minimum absolute atomic E-state index is 0.388. The number of nitrogens with one attached hydrogen (secondary N) is 1. The van der Waals surface area contributed by atoms with Crippen LogP contribution in [0.15, 0.2) is 6.07 Å². The molecule has 1 aliphatic rings. The molecule has 0 amide bonds. The minimum Gasteiger partial charge on any atom is -0.481 e. The number of rotatable bonds is 4. The summed E-state index contributed by atoms with van der Waals surface area (Å²) in [6.45, 7) is 1.93. The normalized spacial score (nSPS) is 23.7. The highest BCUT2D eigenvalue weighted by atomic mass is 35.5. The molecule has 4 nitrogen and oxygen atoms in total. The van der Waals surface area contributed by atoms with Crippen LogP contribution in [-0.2, 0) is 0 Å². The Balaban J connectivity index is 2.09. The Morgan fingerprint density at radius 2 is 2.29 bits per heavy atom. The van der Waals surface area contributed by atoms with Gasteiger partial charge < -0.3 is 10.1 Å². The van der Waals surface area contributed by atoms with Crippen LogP contribution in [-0.4, -0.2) is 29.0 Å². The summed E-state index contributed by atoms with van der Waals surface area (Å²) in [5.74, 6) is 2.46. The van der Waals surface area contributed by atoms with Gasteiger partial charge in [-0.2, -0.15) is 4.98 Å². The van der Waals surface area contributed by atoms with Crippen molar-refractivity contribution in [3.63, 3.8) is 0 Å². The molecule has 0 aromatic carbocycles. The number of aryl methyl sites for hydroxylation is 1. The van der Waals surface area contributed by atoms with Crippen molar-refractivity contribution in [1.82, 2.24) is 9.97 Å². The molecule has 17 heavy (non-hydrogen) atoms. The topological polar surface area (TPSA) is 47.0 Å².